The molecule has 1 saturated heterocycles. The van der Waals surface area contributed by atoms with Crippen LogP contribution in [0.1, 0.15) is 24.0 Å². The molecule has 0 saturated carbocycles. The molecule has 5 nitrogen and oxygen atoms in total. The van der Waals surface area contributed by atoms with Gasteiger partial charge in [0.05, 0.1) is 10.7 Å². The smallest absolute Gasteiger partial charge is 0.191 e. The summed E-state index contributed by atoms with van der Waals surface area (Å²) in [5.41, 5.74) is 1.83. The van der Waals surface area contributed by atoms with Gasteiger partial charge in [-0.05, 0) is 38.3 Å². The van der Waals surface area contributed by atoms with E-state index in [0.29, 0.717) is 12.5 Å². The number of hydrogen-bond acceptors (Lipinski definition) is 4. The predicted octanol–water partition coefficient (Wildman–Crippen LogP) is 3.35. The average molecular weight is 408 g/mol. The summed E-state index contributed by atoms with van der Waals surface area (Å²) in [7, 11) is 0. The molecule has 1 aliphatic rings. The van der Waals surface area contributed by atoms with Gasteiger partial charge in [0, 0.05) is 56.3 Å². The molecule has 0 amide bonds. The van der Waals surface area contributed by atoms with Crippen molar-refractivity contribution >= 4 is 23.0 Å². The van der Waals surface area contributed by atoms with Crippen LogP contribution < -0.4 is 15.5 Å². The number of aryl methyl sites for hydroxylation is 1. The lowest BCUT2D eigenvalue weighted by Gasteiger charge is -2.18. The van der Waals surface area contributed by atoms with Gasteiger partial charge in [-0.3, -0.25) is 4.99 Å². The molecule has 28 heavy (non-hydrogen) atoms. The number of aliphatic imine (C=N–C) groups is 1. The van der Waals surface area contributed by atoms with Crippen molar-refractivity contribution in [2.45, 2.75) is 26.7 Å². The first-order valence-electron chi connectivity index (χ1n) is 9.68. The van der Waals surface area contributed by atoms with Crippen molar-refractivity contribution in [1.29, 1.82) is 0 Å². The van der Waals surface area contributed by atoms with Crippen LogP contribution in [-0.2, 0) is 6.42 Å². The summed E-state index contributed by atoms with van der Waals surface area (Å²) in [4.78, 5) is 11.3. The minimum Gasteiger partial charge on any atom is -0.371 e. The van der Waals surface area contributed by atoms with Crippen LogP contribution in [0, 0.1) is 24.5 Å². The van der Waals surface area contributed by atoms with Crippen LogP contribution in [-0.4, -0.2) is 43.7 Å². The molecule has 1 aromatic carbocycles. The molecule has 0 aliphatic carbocycles. The highest BCUT2D eigenvalue weighted by molar-refractivity contribution is 7.09. The topological polar surface area (TPSA) is 52.6 Å². The summed E-state index contributed by atoms with van der Waals surface area (Å²) in [5.74, 6) is -0.406. The van der Waals surface area contributed by atoms with Gasteiger partial charge in [-0.15, -0.1) is 11.3 Å². The van der Waals surface area contributed by atoms with Crippen LogP contribution in [0.5, 0.6) is 0 Å². The molecular weight excluding hydrogens is 380 g/mol. The van der Waals surface area contributed by atoms with Gasteiger partial charge in [-0.2, -0.15) is 0 Å². The molecule has 2 N–H and O–H groups in total. The lowest BCUT2D eigenvalue weighted by Crippen LogP contribution is -2.38. The molecule has 2 aromatic rings. The van der Waals surface area contributed by atoms with E-state index < -0.39 is 11.6 Å². The van der Waals surface area contributed by atoms with Crippen LogP contribution in [0.4, 0.5) is 14.5 Å². The number of benzene rings is 1. The largest absolute Gasteiger partial charge is 0.371 e. The fraction of sp³-hybridized carbons (Fsp3) is 0.500. The molecule has 0 spiro atoms. The second-order valence-corrected chi connectivity index (χ2v) is 8.02. The third-order valence-electron chi connectivity index (χ3n) is 4.75. The zero-order valence-electron chi connectivity index (χ0n) is 16.3. The van der Waals surface area contributed by atoms with E-state index in [0.717, 1.165) is 61.4 Å². The van der Waals surface area contributed by atoms with Crippen molar-refractivity contribution in [2.75, 3.05) is 37.6 Å². The van der Waals surface area contributed by atoms with E-state index in [1.165, 1.54) is 12.1 Å². The van der Waals surface area contributed by atoms with Crippen molar-refractivity contribution in [3.8, 4) is 0 Å². The number of nitrogens with zero attached hydrogens (tertiary/aromatic N) is 3. The molecule has 2 heterocycles. The maximum absolute atomic E-state index is 13.5. The van der Waals surface area contributed by atoms with Crippen molar-refractivity contribution in [2.24, 2.45) is 10.9 Å². The van der Waals surface area contributed by atoms with Crippen molar-refractivity contribution < 1.29 is 8.78 Å². The summed E-state index contributed by atoms with van der Waals surface area (Å²) >= 11 is 1.67. The quantitative estimate of drug-likeness (QED) is 0.546. The minimum atomic E-state index is -0.807. The molecule has 3 rings (SSSR count). The first-order valence-corrected chi connectivity index (χ1v) is 10.6. The Morgan fingerprint density at radius 3 is 2.89 bits per heavy atom. The molecule has 1 aliphatic heterocycles. The molecule has 1 aromatic heterocycles. The number of halogens is 2. The van der Waals surface area contributed by atoms with Gasteiger partial charge in [0.1, 0.15) is 0 Å². The van der Waals surface area contributed by atoms with Gasteiger partial charge in [-0.1, -0.05) is 0 Å². The molecule has 1 fully saturated rings. The summed E-state index contributed by atoms with van der Waals surface area (Å²) < 4.78 is 26.6. The van der Waals surface area contributed by atoms with E-state index in [1.54, 1.807) is 17.4 Å². The van der Waals surface area contributed by atoms with E-state index >= 15 is 0 Å². The highest BCUT2D eigenvalue weighted by Crippen LogP contribution is 2.25. The number of guanidine groups is 1. The zero-order valence-corrected chi connectivity index (χ0v) is 17.2. The Balaban J connectivity index is 1.49. The van der Waals surface area contributed by atoms with Crippen LogP contribution >= 0.6 is 11.3 Å². The Bertz CT molecular complexity index is 808. The maximum Gasteiger partial charge on any atom is 0.191 e. The molecular formula is C20H27F2N5S. The van der Waals surface area contributed by atoms with E-state index in [4.69, 9.17) is 4.99 Å². The number of nitrogens with one attached hydrogen (secondary N) is 2. The van der Waals surface area contributed by atoms with Gasteiger partial charge >= 0.3 is 0 Å². The average Bonchev–Trinajstić information content (AvgIpc) is 3.31. The van der Waals surface area contributed by atoms with Crippen LogP contribution in [0.25, 0.3) is 0 Å². The van der Waals surface area contributed by atoms with Crippen LogP contribution in [0.2, 0.25) is 0 Å². The Morgan fingerprint density at radius 1 is 1.32 bits per heavy atom. The molecule has 0 radical (unpaired) electrons. The SMILES string of the molecule is CCNC(=NCC1CCN(c2ccc(F)c(F)c2)C1)NCCc1csc(C)n1. The van der Waals surface area contributed by atoms with Gasteiger partial charge in [0.15, 0.2) is 17.6 Å². The highest BCUT2D eigenvalue weighted by Gasteiger charge is 2.23. The first kappa shape index (κ1) is 20.5. The standard InChI is InChI=1S/C20H27F2N5S/c1-3-23-20(24-8-6-16-13-28-14(2)26-16)25-11-15-7-9-27(12-15)17-4-5-18(21)19(22)10-17/h4-5,10,13,15H,3,6-9,11-12H2,1-2H3,(H2,23,24,25). The van der Waals surface area contributed by atoms with Crippen LogP contribution in [0.3, 0.4) is 0 Å². The second kappa shape index (κ2) is 9.82. The summed E-state index contributed by atoms with van der Waals surface area (Å²) in [6, 6.07) is 4.09. The Kier molecular flexibility index (Phi) is 7.19. The Labute approximate surface area is 168 Å². The van der Waals surface area contributed by atoms with Crippen LogP contribution in [0.15, 0.2) is 28.6 Å². The first-order chi connectivity index (χ1) is 13.5. The molecule has 152 valence electrons. The number of hydrogen-bond donors (Lipinski definition) is 2. The zero-order chi connectivity index (χ0) is 19.9. The predicted molar refractivity (Wildman–Crippen MR) is 111 cm³/mol. The third kappa shape index (κ3) is 5.64. The number of anilines is 1. The monoisotopic (exact) mass is 407 g/mol. The molecule has 8 heteroatoms. The summed E-state index contributed by atoms with van der Waals surface area (Å²) in [5, 5.41) is 9.80. The maximum atomic E-state index is 13.5. The minimum absolute atomic E-state index is 0.393. The molecule has 1 unspecified atom stereocenters. The van der Waals surface area contributed by atoms with E-state index in [-0.39, 0.29) is 0 Å². The molecule has 0 bridgehead atoms. The van der Waals surface area contributed by atoms with Crippen molar-refractivity contribution in [3.63, 3.8) is 0 Å². The lowest BCUT2D eigenvalue weighted by atomic mass is 10.1. The highest BCUT2D eigenvalue weighted by atomic mass is 32.1. The van der Waals surface area contributed by atoms with E-state index in [1.807, 2.05) is 13.8 Å². The number of aromatic nitrogens is 1. The van der Waals surface area contributed by atoms with Gasteiger partial charge < -0.3 is 15.5 Å². The molecule has 1 atom stereocenters. The third-order valence-corrected chi connectivity index (χ3v) is 5.57. The van der Waals surface area contributed by atoms with E-state index in [9.17, 15) is 8.78 Å². The summed E-state index contributed by atoms with van der Waals surface area (Å²) in [6.45, 7) is 7.96. The van der Waals surface area contributed by atoms with Crippen molar-refractivity contribution in [3.05, 3.63) is 45.9 Å². The normalized spacial score (nSPS) is 17.2. The van der Waals surface area contributed by atoms with Gasteiger partial charge in [0.25, 0.3) is 0 Å². The fourth-order valence-corrected chi connectivity index (χ4v) is 3.94. The Hall–Kier alpha value is -2.22. The fourth-order valence-electron chi connectivity index (χ4n) is 3.29. The Morgan fingerprint density at radius 2 is 2.18 bits per heavy atom. The van der Waals surface area contributed by atoms with Crippen molar-refractivity contribution in [1.82, 2.24) is 15.6 Å². The van der Waals surface area contributed by atoms with Gasteiger partial charge in [0.2, 0.25) is 0 Å². The summed E-state index contributed by atoms with van der Waals surface area (Å²) in [6.07, 6.45) is 1.85. The second-order valence-electron chi connectivity index (χ2n) is 6.95. The number of thiazole rings is 1. The lowest BCUT2D eigenvalue weighted by molar-refractivity contribution is 0.508. The van der Waals surface area contributed by atoms with Gasteiger partial charge in [-0.25, -0.2) is 13.8 Å². The number of rotatable bonds is 7. The van der Waals surface area contributed by atoms with E-state index in [2.05, 4.69) is 25.9 Å².